The lowest BCUT2D eigenvalue weighted by molar-refractivity contribution is -0.155. The van der Waals surface area contributed by atoms with Gasteiger partial charge in [-0.1, -0.05) is 0 Å². The summed E-state index contributed by atoms with van der Waals surface area (Å²) in [4.78, 5) is 22.7. The van der Waals surface area contributed by atoms with Crippen molar-refractivity contribution in [1.29, 1.82) is 0 Å². The Kier molecular flexibility index (Phi) is 1.89. The van der Waals surface area contributed by atoms with E-state index in [1.165, 1.54) is 11.8 Å². The van der Waals surface area contributed by atoms with E-state index >= 15 is 0 Å². The fraction of sp³-hybridized carbons (Fsp3) is 0.667. The largest absolute Gasteiger partial charge is 0.462 e. The van der Waals surface area contributed by atoms with Crippen LogP contribution in [0.4, 0.5) is 0 Å². The van der Waals surface area contributed by atoms with Crippen LogP contribution in [0, 0.1) is 0 Å². The molecule has 0 saturated carbocycles. The average Bonchev–Trinajstić information content (AvgIpc) is 1.88. The summed E-state index contributed by atoms with van der Waals surface area (Å²) in [5.74, 6) is -0.391. The third-order valence-corrected chi connectivity index (χ3v) is 1.39. The number of morpholine rings is 1. The molecule has 1 amide bonds. The molecule has 1 rings (SSSR count). The second-order valence-corrected chi connectivity index (χ2v) is 2.16. The highest BCUT2D eigenvalue weighted by Gasteiger charge is 2.18. The van der Waals surface area contributed by atoms with Gasteiger partial charge in [0.15, 0.2) is 0 Å². The molecular formula is C6H9NO3. The molecule has 1 fully saturated rings. The Morgan fingerprint density at radius 2 is 2.40 bits per heavy atom. The molecule has 0 aromatic heterocycles. The van der Waals surface area contributed by atoms with Gasteiger partial charge in [-0.15, -0.1) is 0 Å². The minimum atomic E-state index is -0.318. The van der Waals surface area contributed by atoms with Crippen molar-refractivity contribution in [3.05, 3.63) is 0 Å². The fourth-order valence-electron chi connectivity index (χ4n) is 0.819. The van der Waals surface area contributed by atoms with Crippen LogP contribution >= 0.6 is 0 Å². The van der Waals surface area contributed by atoms with Crippen LogP contribution in [0.3, 0.4) is 0 Å². The zero-order chi connectivity index (χ0) is 7.56. The number of hydrogen-bond donors (Lipinski definition) is 0. The van der Waals surface area contributed by atoms with Crippen LogP contribution in [0.25, 0.3) is 0 Å². The van der Waals surface area contributed by atoms with Gasteiger partial charge in [0.2, 0.25) is 5.91 Å². The molecule has 1 saturated heterocycles. The standard InChI is InChI=1S/C6H9NO3/c1-5(8)7-2-3-10-6(9)4-7/h2-4H2,1H3. The van der Waals surface area contributed by atoms with E-state index in [1.54, 1.807) is 0 Å². The normalized spacial score (nSPS) is 18.5. The van der Waals surface area contributed by atoms with Crippen LogP contribution in [0.1, 0.15) is 6.92 Å². The Hall–Kier alpha value is -1.06. The quantitative estimate of drug-likeness (QED) is 0.425. The molecule has 0 bridgehead atoms. The first-order chi connectivity index (χ1) is 4.70. The van der Waals surface area contributed by atoms with Gasteiger partial charge >= 0.3 is 5.97 Å². The van der Waals surface area contributed by atoms with Crippen LogP contribution in [0.15, 0.2) is 0 Å². The Morgan fingerprint density at radius 1 is 1.70 bits per heavy atom. The SMILES string of the molecule is CC(=O)N1CCOC(=O)C1. The molecule has 10 heavy (non-hydrogen) atoms. The van der Waals surface area contributed by atoms with Crippen LogP contribution in [0.2, 0.25) is 0 Å². The second-order valence-electron chi connectivity index (χ2n) is 2.16. The number of carbonyl (C=O) groups excluding carboxylic acids is 2. The highest BCUT2D eigenvalue weighted by atomic mass is 16.5. The van der Waals surface area contributed by atoms with Gasteiger partial charge in [-0.25, -0.2) is 0 Å². The summed E-state index contributed by atoms with van der Waals surface area (Å²) in [6.45, 7) is 2.41. The summed E-state index contributed by atoms with van der Waals surface area (Å²) in [5, 5.41) is 0. The van der Waals surface area contributed by atoms with Crippen molar-refractivity contribution in [2.24, 2.45) is 0 Å². The van der Waals surface area contributed by atoms with Gasteiger partial charge in [0.1, 0.15) is 13.2 Å². The van der Waals surface area contributed by atoms with Gasteiger partial charge in [-0.05, 0) is 0 Å². The summed E-state index contributed by atoms with van der Waals surface area (Å²) in [6, 6.07) is 0. The number of esters is 1. The first kappa shape index (κ1) is 7.05. The van der Waals surface area contributed by atoms with E-state index in [2.05, 4.69) is 4.74 Å². The van der Waals surface area contributed by atoms with Crippen molar-refractivity contribution < 1.29 is 14.3 Å². The second kappa shape index (κ2) is 2.68. The lowest BCUT2D eigenvalue weighted by atomic mass is 10.4. The number of hydrogen-bond acceptors (Lipinski definition) is 3. The van der Waals surface area contributed by atoms with Gasteiger partial charge in [0.05, 0.1) is 6.54 Å². The van der Waals surface area contributed by atoms with Gasteiger partial charge in [0, 0.05) is 6.92 Å². The first-order valence-electron chi connectivity index (χ1n) is 3.11. The van der Waals surface area contributed by atoms with Crippen molar-refractivity contribution in [1.82, 2.24) is 4.90 Å². The topological polar surface area (TPSA) is 46.6 Å². The molecule has 0 spiro atoms. The van der Waals surface area contributed by atoms with Crippen LogP contribution in [0.5, 0.6) is 0 Å². The van der Waals surface area contributed by atoms with Gasteiger partial charge in [-0.2, -0.15) is 0 Å². The minimum Gasteiger partial charge on any atom is -0.462 e. The third-order valence-electron chi connectivity index (χ3n) is 1.39. The van der Waals surface area contributed by atoms with Gasteiger partial charge in [0.25, 0.3) is 0 Å². The lowest BCUT2D eigenvalue weighted by Gasteiger charge is -2.24. The van der Waals surface area contributed by atoms with E-state index in [4.69, 9.17) is 0 Å². The summed E-state index contributed by atoms with van der Waals surface area (Å²) in [6.07, 6.45) is 0. The predicted molar refractivity (Wildman–Crippen MR) is 33.2 cm³/mol. The maximum Gasteiger partial charge on any atom is 0.325 e. The van der Waals surface area contributed by atoms with E-state index in [9.17, 15) is 9.59 Å². The molecule has 56 valence electrons. The van der Waals surface area contributed by atoms with Crippen LogP contribution in [-0.2, 0) is 14.3 Å². The summed E-state index contributed by atoms with van der Waals surface area (Å²) < 4.78 is 4.63. The molecule has 0 aromatic carbocycles. The Labute approximate surface area is 58.8 Å². The molecule has 1 heterocycles. The summed E-state index contributed by atoms with van der Waals surface area (Å²) in [7, 11) is 0. The average molecular weight is 143 g/mol. The Balaban J connectivity index is 2.47. The van der Waals surface area contributed by atoms with E-state index in [0.29, 0.717) is 13.2 Å². The highest BCUT2D eigenvalue weighted by molar-refractivity contribution is 5.81. The predicted octanol–water partition coefficient (Wildman–Crippen LogP) is -0.608. The zero-order valence-corrected chi connectivity index (χ0v) is 5.79. The number of rotatable bonds is 0. The van der Waals surface area contributed by atoms with Crippen molar-refractivity contribution >= 4 is 11.9 Å². The molecule has 0 atom stereocenters. The van der Waals surface area contributed by atoms with Crippen LogP contribution < -0.4 is 0 Å². The maximum atomic E-state index is 10.7. The monoisotopic (exact) mass is 143 g/mol. The number of cyclic esters (lactones) is 1. The number of ether oxygens (including phenoxy) is 1. The van der Waals surface area contributed by atoms with Crippen molar-refractivity contribution in [2.45, 2.75) is 6.92 Å². The molecule has 1 aliphatic heterocycles. The molecule has 4 heteroatoms. The number of amides is 1. The first-order valence-corrected chi connectivity index (χ1v) is 3.11. The molecular weight excluding hydrogens is 134 g/mol. The Bertz CT molecular complexity index is 164. The molecule has 0 aliphatic carbocycles. The summed E-state index contributed by atoms with van der Waals surface area (Å²) >= 11 is 0. The Morgan fingerprint density at radius 3 is 2.80 bits per heavy atom. The van der Waals surface area contributed by atoms with Crippen LogP contribution in [-0.4, -0.2) is 36.5 Å². The molecule has 1 aliphatic rings. The van der Waals surface area contributed by atoms with Gasteiger partial charge in [-0.3, -0.25) is 9.59 Å². The molecule has 4 nitrogen and oxygen atoms in total. The van der Waals surface area contributed by atoms with Crippen molar-refractivity contribution in [3.8, 4) is 0 Å². The van der Waals surface area contributed by atoms with E-state index in [1.807, 2.05) is 0 Å². The van der Waals surface area contributed by atoms with E-state index < -0.39 is 0 Å². The molecule has 0 unspecified atom stereocenters. The number of nitrogens with zero attached hydrogens (tertiary/aromatic N) is 1. The zero-order valence-electron chi connectivity index (χ0n) is 5.79. The van der Waals surface area contributed by atoms with E-state index in [-0.39, 0.29) is 18.4 Å². The fourth-order valence-corrected chi connectivity index (χ4v) is 0.819. The molecule has 0 N–H and O–H groups in total. The minimum absolute atomic E-state index is 0.0725. The third kappa shape index (κ3) is 1.46. The van der Waals surface area contributed by atoms with Gasteiger partial charge < -0.3 is 9.64 Å². The van der Waals surface area contributed by atoms with Crippen molar-refractivity contribution in [3.63, 3.8) is 0 Å². The lowest BCUT2D eigenvalue weighted by Crippen LogP contribution is -2.42. The molecule has 0 aromatic rings. The summed E-state index contributed by atoms with van der Waals surface area (Å²) in [5.41, 5.74) is 0. The maximum absolute atomic E-state index is 10.7. The van der Waals surface area contributed by atoms with Crippen molar-refractivity contribution in [2.75, 3.05) is 19.7 Å². The number of carbonyl (C=O) groups is 2. The molecule has 0 radical (unpaired) electrons. The smallest absolute Gasteiger partial charge is 0.325 e. The highest BCUT2D eigenvalue weighted by Crippen LogP contribution is 1.97. The van der Waals surface area contributed by atoms with E-state index in [0.717, 1.165) is 0 Å².